The van der Waals surface area contributed by atoms with Crippen LogP contribution in [0.15, 0.2) is 22.5 Å². The van der Waals surface area contributed by atoms with Gasteiger partial charge >= 0.3 is 0 Å². The zero-order chi connectivity index (χ0) is 12.6. The Bertz CT molecular complexity index is 695. The minimum atomic E-state index is -4.02. The maximum atomic E-state index is 12.3. The summed E-state index contributed by atoms with van der Waals surface area (Å²) in [7, 11) is -4.02. The molecule has 2 aromatic rings. The Balaban J connectivity index is 2.63. The van der Waals surface area contributed by atoms with Crippen molar-refractivity contribution in [2.75, 3.05) is 6.01 Å². The van der Waals surface area contributed by atoms with Crippen molar-refractivity contribution in [3.63, 3.8) is 0 Å². The number of fused-ring (bicyclic) bond motifs is 1. The fraction of sp³-hybridized carbons (Fsp3) is 0.125. The lowest BCUT2D eigenvalue weighted by molar-refractivity contribution is -0.384. The topological polar surface area (TPSA) is 90.2 Å². The highest BCUT2D eigenvalue weighted by Crippen LogP contribution is 2.29. The van der Waals surface area contributed by atoms with E-state index in [4.69, 9.17) is 0 Å². The Morgan fingerprint density at radius 1 is 1.47 bits per heavy atom. The molecule has 1 aromatic carbocycles. The molecule has 0 aliphatic rings. The van der Waals surface area contributed by atoms with Gasteiger partial charge in [0, 0.05) is 12.1 Å². The van der Waals surface area contributed by atoms with Crippen LogP contribution < -0.4 is 0 Å². The average Bonchev–Trinajstić information content (AvgIpc) is 2.72. The third kappa shape index (κ3) is 2.11. The molecular weight excluding hydrogens is 271 g/mol. The maximum absolute atomic E-state index is 12.3. The third-order valence-electron chi connectivity index (χ3n) is 1.97. The molecule has 0 atom stereocenters. The Labute approximate surface area is 98.8 Å². The second kappa shape index (κ2) is 4.00. The monoisotopic (exact) mass is 276 g/mol. The van der Waals surface area contributed by atoms with Gasteiger partial charge in [-0.3, -0.25) is 10.1 Å². The van der Waals surface area contributed by atoms with Crippen LogP contribution in [0.25, 0.3) is 10.2 Å². The molecular formula is C8H5FN2O4S2. The van der Waals surface area contributed by atoms with Crippen LogP contribution in [0.2, 0.25) is 0 Å². The summed E-state index contributed by atoms with van der Waals surface area (Å²) < 4.78 is 34.7. The van der Waals surface area contributed by atoms with Crippen LogP contribution in [-0.4, -0.2) is 24.3 Å². The first kappa shape index (κ1) is 11.9. The Morgan fingerprint density at radius 2 is 2.18 bits per heavy atom. The number of hydrogen-bond donors (Lipinski definition) is 0. The number of alkyl halides is 1. The zero-order valence-electron chi connectivity index (χ0n) is 8.16. The lowest BCUT2D eigenvalue weighted by Gasteiger charge is -1.89. The standard InChI is InChI=1S/C8H5FN2O4S2/c9-4-17(14,15)8-10-6-2-1-5(11(12)13)3-7(6)16-8/h1-3H,4H2. The number of benzene rings is 1. The average molecular weight is 276 g/mol. The molecule has 0 aliphatic carbocycles. The predicted octanol–water partition coefficient (Wildman–Crippen LogP) is 1.91. The van der Waals surface area contributed by atoms with Crippen molar-refractivity contribution in [1.82, 2.24) is 4.98 Å². The van der Waals surface area contributed by atoms with Crippen molar-refractivity contribution >= 4 is 37.1 Å². The molecule has 0 radical (unpaired) electrons. The molecule has 2 rings (SSSR count). The molecule has 1 heterocycles. The van der Waals surface area contributed by atoms with Crippen molar-refractivity contribution in [3.8, 4) is 0 Å². The van der Waals surface area contributed by atoms with Gasteiger partial charge in [-0.2, -0.15) is 0 Å². The molecule has 17 heavy (non-hydrogen) atoms. The van der Waals surface area contributed by atoms with E-state index in [9.17, 15) is 22.9 Å². The number of aromatic nitrogens is 1. The molecule has 0 amide bonds. The van der Waals surface area contributed by atoms with Crippen LogP contribution in [0.4, 0.5) is 10.1 Å². The van der Waals surface area contributed by atoms with Gasteiger partial charge in [0.1, 0.15) is 0 Å². The lowest BCUT2D eigenvalue weighted by Crippen LogP contribution is -2.01. The van der Waals surface area contributed by atoms with Gasteiger partial charge in [0.15, 0.2) is 6.01 Å². The SMILES string of the molecule is O=[N+]([O-])c1ccc2nc(S(=O)(=O)CF)sc2c1. The van der Waals surface area contributed by atoms with Crippen molar-refractivity contribution in [2.24, 2.45) is 0 Å². The summed E-state index contributed by atoms with van der Waals surface area (Å²) in [6, 6.07) is 2.23. The van der Waals surface area contributed by atoms with Crippen LogP contribution >= 0.6 is 11.3 Å². The van der Waals surface area contributed by atoms with E-state index in [1.807, 2.05) is 0 Å². The van der Waals surface area contributed by atoms with Crippen LogP contribution in [-0.2, 0) is 9.84 Å². The van der Waals surface area contributed by atoms with Crippen molar-refractivity contribution in [2.45, 2.75) is 4.34 Å². The molecule has 0 saturated heterocycles. The van der Waals surface area contributed by atoms with E-state index in [1.165, 1.54) is 18.2 Å². The highest BCUT2D eigenvalue weighted by molar-refractivity contribution is 7.93. The van der Waals surface area contributed by atoms with E-state index < -0.39 is 20.8 Å². The molecule has 0 bridgehead atoms. The van der Waals surface area contributed by atoms with Crippen molar-refractivity contribution in [1.29, 1.82) is 0 Å². The van der Waals surface area contributed by atoms with E-state index in [1.54, 1.807) is 0 Å². The second-order valence-electron chi connectivity index (χ2n) is 3.11. The molecule has 0 N–H and O–H groups in total. The molecule has 9 heteroatoms. The summed E-state index contributed by atoms with van der Waals surface area (Å²) in [5, 5.41) is 10.5. The van der Waals surface area contributed by atoms with Gasteiger partial charge in [-0.15, -0.1) is 11.3 Å². The molecule has 0 unspecified atom stereocenters. The van der Waals surface area contributed by atoms with Crippen LogP contribution in [0.3, 0.4) is 0 Å². The summed E-state index contributed by atoms with van der Waals surface area (Å²) in [5.74, 6) is 0. The molecule has 90 valence electrons. The first-order chi connectivity index (χ1) is 7.94. The summed E-state index contributed by atoms with van der Waals surface area (Å²) in [6.45, 7) is 0. The highest BCUT2D eigenvalue weighted by Gasteiger charge is 2.20. The van der Waals surface area contributed by atoms with E-state index >= 15 is 0 Å². The van der Waals surface area contributed by atoms with Crippen LogP contribution in [0.1, 0.15) is 0 Å². The Kier molecular flexibility index (Phi) is 2.79. The number of halogens is 1. The third-order valence-corrected chi connectivity index (χ3v) is 4.71. The number of nitrogens with zero attached hydrogens (tertiary/aromatic N) is 2. The van der Waals surface area contributed by atoms with Crippen molar-refractivity contribution < 1.29 is 17.7 Å². The normalized spacial score (nSPS) is 11.8. The van der Waals surface area contributed by atoms with E-state index in [0.29, 0.717) is 21.6 Å². The minimum absolute atomic E-state index is 0.162. The molecule has 0 aliphatic heterocycles. The van der Waals surface area contributed by atoms with Crippen LogP contribution in [0.5, 0.6) is 0 Å². The van der Waals surface area contributed by atoms with Crippen molar-refractivity contribution in [3.05, 3.63) is 28.3 Å². The molecule has 0 fully saturated rings. The predicted molar refractivity (Wildman–Crippen MR) is 59.4 cm³/mol. The molecule has 1 aromatic heterocycles. The summed E-state index contributed by atoms with van der Waals surface area (Å²) >= 11 is 0.717. The van der Waals surface area contributed by atoms with Gasteiger partial charge in [-0.05, 0) is 6.07 Å². The number of thiazole rings is 1. The Hall–Kier alpha value is -1.61. The van der Waals surface area contributed by atoms with Gasteiger partial charge in [-0.1, -0.05) is 0 Å². The quantitative estimate of drug-likeness (QED) is 0.630. The summed E-state index contributed by atoms with van der Waals surface area (Å²) in [6.07, 6.45) is 0. The number of non-ortho nitro benzene ring substituents is 1. The van der Waals surface area contributed by atoms with Crippen LogP contribution in [0, 0.1) is 10.1 Å². The molecule has 0 spiro atoms. The number of sulfone groups is 1. The first-order valence-electron chi connectivity index (χ1n) is 4.28. The smallest absolute Gasteiger partial charge is 0.258 e. The largest absolute Gasteiger partial charge is 0.270 e. The number of rotatable bonds is 3. The number of hydrogen-bond acceptors (Lipinski definition) is 6. The molecule has 0 saturated carbocycles. The zero-order valence-corrected chi connectivity index (χ0v) is 9.79. The summed E-state index contributed by atoms with van der Waals surface area (Å²) in [5.41, 5.74) is 0.137. The Morgan fingerprint density at radius 3 is 2.76 bits per heavy atom. The lowest BCUT2D eigenvalue weighted by atomic mass is 10.3. The highest BCUT2D eigenvalue weighted by atomic mass is 32.2. The minimum Gasteiger partial charge on any atom is -0.258 e. The number of nitro benzene ring substituents is 1. The van der Waals surface area contributed by atoms with E-state index in [-0.39, 0.29) is 10.0 Å². The number of nitro groups is 1. The van der Waals surface area contributed by atoms with Gasteiger partial charge in [0.2, 0.25) is 14.2 Å². The van der Waals surface area contributed by atoms with E-state index in [0.717, 1.165) is 0 Å². The van der Waals surface area contributed by atoms with Gasteiger partial charge in [0.25, 0.3) is 5.69 Å². The first-order valence-corrected chi connectivity index (χ1v) is 6.74. The second-order valence-corrected chi connectivity index (χ2v) is 6.24. The fourth-order valence-corrected chi connectivity index (χ4v) is 3.16. The fourth-order valence-electron chi connectivity index (χ4n) is 1.19. The summed E-state index contributed by atoms with van der Waals surface area (Å²) in [4.78, 5) is 13.6. The van der Waals surface area contributed by atoms with Gasteiger partial charge in [-0.25, -0.2) is 17.8 Å². The van der Waals surface area contributed by atoms with Gasteiger partial charge < -0.3 is 0 Å². The van der Waals surface area contributed by atoms with Gasteiger partial charge in [0.05, 0.1) is 15.1 Å². The van der Waals surface area contributed by atoms with E-state index in [2.05, 4.69) is 4.98 Å². The maximum Gasteiger partial charge on any atom is 0.270 e. The molecule has 6 nitrogen and oxygen atoms in total.